The number of hydrogen-bond acceptors (Lipinski definition) is 5. The molecule has 6 nitrogen and oxygen atoms in total. The molecule has 0 aliphatic carbocycles. The maximum Gasteiger partial charge on any atom is 0.330 e. The van der Waals surface area contributed by atoms with Gasteiger partial charge in [0.25, 0.3) is 0 Å². The Morgan fingerprint density at radius 3 is 2.56 bits per heavy atom. The average molecular weight is 287 g/mol. The minimum Gasteiger partial charge on any atom is -0.258 e. The first-order chi connectivity index (χ1) is 8.32. The van der Waals surface area contributed by atoms with E-state index in [1.807, 2.05) is 20.8 Å². The van der Waals surface area contributed by atoms with Gasteiger partial charge in [0.15, 0.2) is 0 Å². The number of halogens is 1. The Morgan fingerprint density at radius 2 is 2.17 bits per heavy atom. The largest absolute Gasteiger partial charge is 0.330 e. The van der Waals surface area contributed by atoms with Crippen LogP contribution in [0.2, 0.25) is 5.15 Å². The van der Waals surface area contributed by atoms with Gasteiger partial charge in [0.05, 0.1) is 4.92 Å². The monoisotopic (exact) mass is 286 g/mol. The van der Waals surface area contributed by atoms with Crippen LogP contribution < -0.4 is 0 Å². The van der Waals surface area contributed by atoms with Crippen molar-refractivity contribution in [2.24, 2.45) is 0 Å². The van der Waals surface area contributed by atoms with Crippen LogP contribution in [-0.2, 0) is 5.41 Å². The Kier molecular flexibility index (Phi) is 3.12. The molecule has 0 spiro atoms. The van der Waals surface area contributed by atoms with Crippen LogP contribution in [0.5, 0.6) is 0 Å². The zero-order valence-corrected chi connectivity index (χ0v) is 11.6. The van der Waals surface area contributed by atoms with E-state index >= 15 is 0 Å². The number of aromatic nitrogens is 3. The molecule has 2 rings (SSSR count). The van der Waals surface area contributed by atoms with E-state index in [0.29, 0.717) is 10.8 Å². The SMILES string of the molecule is CC(C)(C)c1nn(-c2nccs2)c(Cl)c1[N+](=O)[O-]. The third-order valence-electron chi connectivity index (χ3n) is 2.30. The molecule has 0 radical (unpaired) electrons. The number of nitro groups is 1. The first-order valence-corrected chi connectivity index (χ1v) is 6.41. The molecule has 0 N–H and O–H groups in total. The highest BCUT2D eigenvalue weighted by atomic mass is 35.5. The summed E-state index contributed by atoms with van der Waals surface area (Å²) in [7, 11) is 0. The second-order valence-corrected chi connectivity index (χ2v) is 5.95. The van der Waals surface area contributed by atoms with Crippen LogP contribution in [-0.4, -0.2) is 19.7 Å². The van der Waals surface area contributed by atoms with Gasteiger partial charge in [-0.05, 0) is 0 Å². The van der Waals surface area contributed by atoms with Gasteiger partial charge in [-0.15, -0.1) is 11.3 Å². The van der Waals surface area contributed by atoms with Gasteiger partial charge in [-0.2, -0.15) is 9.78 Å². The molecule has 8 heteroatoms. The summed E-state index contributed by atoms with van der Waals surface area (Å²) in [4.78, 5) is 14.7. The Morgan fingerprint density at radius 1 is 1.50 bits per heavy atom. The third-order valence-corrected chi connectivity index (χ3v) is 3.39. The highest BCUT2D eigenvalue weighted by Gasteiger charge is 2.34. The smallest absolute Gasteiger partial charge is 0.258 e. The summed E-state index contributed by atoms with van der Waals surface area (Å²) in [5.41, 5.74) is -0.263. The van der Waals surface area contributed by atoms with Crippen molar-refractivity contribution in [2.45, 2.75) is 26.2 Å². The number of nitrogens with zero attached hydrogens (tertiary/aromatic N) is 4. The Bertz CT molecular complexity index is 586. The van der Waals surface area contributed by atoms with Gasteiger partial charge in [-0.25, -0.2) is 4.98 Å². The lowest BCUT2D eigenvalue weighted by atomic mass is 9.91. The molecule has 0 unspecified atom stereocenters. The number of rotatable bonds is 2. The van der Waals surface area contributed by atoms with E-state index in [2.05, 4.69) is 10.1 Å². The van der Waals surface area contributed by atoms with Crippen LogP contribution >= 0.6 is 22.9 Å². The van der Waals surface area contributed by atoms with E-state index in [9.17, 15) is 10.1 Å². The molecule has 96 valence electrons. The molecule has 0 bridgehead atoms. The lowest BCUT2D eigenvalue weighted by Gasteiger charge is -2.13. The first-order valence-electron chi connectivity index (χ1n) is 5.15. The van der Waals surface area contributed by atoms with Crippen molar-refractivity contribution in [2.75, 3.05) is 0 Å². The summed E-state index contributed by atoms with van der Waals surface area (Å²) < 4.78 is 1.31. The van der Waals surface area contributed by atoms with Gasteiger partial charge < -0.3 is 0 Å². The summed E-state index contributed by atoms with van der Waals surface area (Å²) in [5, 5.41) is 17.6. The van der Waals surface area contributed by atoms with Gasteiger partial charge >= 0.3 is 5.69 Å². The zero-order chi connectivity index (χ0) is 13.5. The molecule has 2 aromatic rings. The maximum absolute atomic E-state index is 11.1. The predicted molar refractivity (Wildman–Crippen MR) is 69.6 cm³/mol. The topological polar surface area (TPSA) is 73.8 Å². The summed E-state index contributed by atoms with van der Waals surface area (Å²) in [6.07, 6.45) is 1.60. The van der Waals surface area contributed by atoms with Crippen LogP contribution in [0.3, 0.4) is 0 Å². The van der Waals surface area contributed by atoms with Crippen molar-refractivity contribution >= 4 is 28.6 Å². The van der Waals surface area contributed by atoms with Crippen molar-refractivity contribution < 1.29 is 4.92 Å². The summed E-state index contributed by atoms with van der Waals surface area (Å²) >= 11 is 7.36. The molecule has 0 fully saturated rings. The van der Waals surface area contributed by atoms with Crippen LogP contribution in [0.1, 0.15) is 26.5 Å². The highest BCUT2D eigenvalue weighted by Crippen LogP contribution is 2.37. The number of thiazole rings is 1. The first kappa shape index (κ1) is 13.0. The molecule has 18 heavy (non-hydrogen) atoms. The van der Waals surface area contributed by atoms with E-state index in [1.165, 1.54) is 16.0 Å². The summed E-state index contributed by atoms with van der Waals surface area (Å²) in [5.74, 6) is 0. The Balaban J connectivity index is 2.69. The maximum atomic E-state index is 11.1. The predicted octanol–water partition coefficient (Wildman–Crippen LogP) is 3.19. The van der Waals surface area contributed by atoms with Crippen LogP contribution in [0.15, 0.2) is 11.6 Å². The second-order valence-electron chi connectivity index (χ2n) is 4.72. The molecule has 0 saturated carbocycles. The van der Waals surface area contributed by atoms with E-state index in [4.69, 9.17) is 11.6 Å². The van der Waals surface area contributed by atoms with Gasteiger partial charge in [0.2, 0.25) is 10.3 Å². The lowest BCUT2D eigenvalue weighted by Crippen LogP contribution is -2.14. The summed E-state index contributed by atoms with van der Waals surface area (Å²) in [6.45, 7) is 5.56. The van der Waals surface area contributed by atoms with E-state index < -0.39 is 10.3 Å². The van der Waals surface area contributed by atoms with Crippen LogP contribution in [0, 0.1) is 10.1 Å². The molecular weight excluding hydrogens is 276 g/mol. The van der Waals surface area contributed by atoms with Crippen LogP contribution in [0.4, 0.5) is 5.69 Å². The van der Waals surface area contributed by atoms with E-state index in [-0.39, 0.29) is 10.8 Å². The third kappa shape index (κ3) is 2.11. The molecule has 0 atom stereocenters. The Labute approximate surface area is 112 Å². The van der Waals surface area contributed by atoms with Gasteiger partial charge in [-0.1, -0.05) is 32.4 Å². The van der Waals surface area contributed by atoms with E-state index in [1.54, 1.807) is 11.6 Å². The highest BCUT2D eigenvalue weighted by molar-refractivity contribution is 7.12. The lowest BCUT2D eigenvalue weighted by molar-refractivity contribution is -0.385. The fourth-order valence-corrected chi connectivity index (χ4v) is 2.43. The van der Waals surface area contributed by atoms with Crippen molar-refractivity contribution in [1.29, 1.82) is 0 Å². The fraction of sp³-hybridized carbons (Fsp3) is 0.400. The number of hydrogen-bond donors (Lipinski definition) is 0. The average Bonchev–Trinajstić information content (AvgIpc) is 2.81. The molecule has 0 saturated heterocycles. The standard InChI is InChI=1S/C10H11ClN4O2S/c1-10(2,3)7-6(15(16)17)8(11)14(13-7)9-12-4-5-18-9/h4-5H,1-3H3. The van der Waals surface area contributed by atoms with Crippen molar-refractivity contribution in [1.82, 2.24) is 14.8 Å². The molecule has 0 aromatic carbocycles. The van der Waals surface area contributed by atoms with Crippen molar-refractivity contribution in [3.05, 3.63) is 32.5 Å². The fourth-order valence-electron chi connectivity index (χ4n) is 1.50. The molecule has 2 heterocycles. The van der Waals surface area contributed by atoms with Crippen molar-refractivity contribution in [3.8, 4) is 5.13 Å². The quantitative estimate of drug-likeness (QED) is 0.628. The summed E-state index contributed by atoms with van der Waals surface area (Å²) in [6, 6.07) is 0. The van der Waals surface area contributed by atoms with Crippen LogP contribution in [0.25, 0.3) is 5.13 Å². The molecule has 0 aliphatic rings. The Hall–Kier alpha value is -1.47. The molecule has 0 aliphatic heterocycles. The minimum absolute atomic E-state index is 0.0140. The normalized spacial score (nSPS) is 11.8. The molecular formula is C10H11ClN4O2S. The molecule has 2 aromatic heterocycles. The minimum atomic E-state index is -0.500. The molecule has 0 amide bonds. The second kappa shape index (κ2) is 4.33. The van der Waals surface area contributed by atoms with Gasteiger partial charge in [-0.3, -0.25) is 10.1 Å². The van der Waals surface area contributed by atoms with Crippen molar-refractivity contribution in [3.63, 3.8) is 0 Å². The van der Waals surface area contributed by atoms with Gasteiger partial charge in [0.1, 0.15) is 5.69 Å². The van der Waals surface area contributed by atoms with Gasteiger partial charge in [0, 0.05) is 17.0 Å². The zero-order valence-electron chi connectivity index (χ0n) is 10.0. The van der Waals surface area contributed by atoms with E-state index in [0.717, 1.165) is 0 Å².